The molecule has 0 aliphatic heterocycles. The molecule has 4 nitrogen and oxygen atoms in total. The van der Waals surface area contributed by atoms with Crippen LogP contribution in [-0.2, 0) is 4.79 Å². The minimum Gasteiger partial charge on any atom is -0.481 e. The second-order valence-electron chi connectivity index (χ2n) is 5.34. The molecule has 0 unspecified atom stereocenters. The zero-order valence-electron chi connectivity index (χ0n) is 11.2. The second kappa shape index (κ2) is 6.27. The second-order valence-corrected chi connectivity index (χ2v) is 6.20. The number of carboxylic acids is 1. The number of carbonyl (C=O) groups is 1. The molecule has 0 radical (unpaired) electrons. The van der Waals surface area contributed by atoms with Crippen molar-refractivity contribution in [3.8, 4) is 6.07 Å². The van der Waals surface area contributed by atoms with Crippen LogP contribution in [0, 0.1) is 11.3 Å². The summed E-state index contributed by atoms with van der Waals surface area (Å²) in [5.74, 6) is -0.774. The zero-order valence-corrected chi connectivity index (χ0v) is 12.7. The predicted octanol–water partition coefficient (Wildman–Crippen LogP) is 3.91. The normalized spacial score (nSPS) is 17.2. The third-order valence-electron chi connectivity index (χ3n) is 3.80. The van der Waals surface area contributed by atoms with Gasteiger partial charge in [0.05, 0.1) is 18.1 Å². The first-order valence-corrected chi connectivity index (χ1v) is 7.54. The van der Waals surface area contributed by atoms with E-state index in [1.807, 2.05) is 6.07 Å². The average molecular weight is 337 g/mol. The van der Waals surface area contributed by atoms with Crippen LogP contribution in [-0.4, -0.2) is 16.6 Å². The van der Waals surface area contributed by atoms with E-state index in [0.717, 1.165) is 42.3 Å². The Hall–Kier alpha value is -1.54. The molecule has 1 aromatic carbocycles. The highest BCUT2D eigenvalue weighted by Crippen LogP contribution is 2.36. The summed E-state index contributed by atoms with van der Waals surface area (Å²) in [5, 5.41) is 21.4. The molecule has 0 spiro atoms. The van der Waals surface area contributed by atoms with Crippen molar-refractivity contribution in [3.05, 3.63) is 28.2 Å². The van der Waals surface area contributed by atoms with E-state index in [2.05, 4.69) is 27.3 Å². The van der Waals surface area contributed by atoms with E-state index >= 15 is 0 Å². The van der Waals surface area contributed by atoms with Gasteiger partial charge >= 0.3 is 5.97 Å². The number of halogens is 1. The van der Waals surface area contributed by atoms with Gasteiger partial charge in [0.15, 0.2) is 0 Å². The minimum atomic E-state index is -0.774. The van der Waals surface area contributed by atoms with Crippen LogP contribution in [0.3, 0.4) is 0 Å². The molecule has 0 saturated heterocycles. The number of carboxylic acid groups (broad SMARTS) is 1. The Morgan fingerprint density at radius 3 is 2.65 bits per heavy atom. The molecule has 0 heterocycles. The SMILES string of the molecule is N#Cc1ccc(NC2(CC(=O)O)CCCCC2)c(Br)c1. The van der Waals surface area contributed by atoms with Crippen molar-refractivity contribution >= 4 is 27.6 Å². The fourth-order valence-electron chi connectivity index (χ4n) is 2.84. The van der Waals surface area contributed by atoms with Crippen molar-refractivity contribution in [2.45, 2.75) is 44.1 Å². The summed E-state index contributed by atoms with van der Waals surface area (Å²) in [6.07, 6.45) is 5.12. The van der Waals surface area contributed by atoms with Gasteiger partial charge in [-0.3, -0.25) is 4.79 Å². The number of hydrogen-bond acceptors (Lipinski definition) is 3. The number of nitrogens with zero attached hydrogens (tertiary/aromatic N) is 1. The topological polar surface area (TPSA) is 73.1 Å². The number of rotatable bonds is 4. The highest BCUT2D eigenvalue weighted by molar-refractivity contribution is 9.10. The summed E-state index contributed by atoms with van der Waals surface area (Å²) in [6, 6.07) is 7.41. The molecule has 0 amide bonds. The van der Waals surface area contributed by atoms with Crippen molar-refractivity contribution in [1.29, 1.82) is 5.26 Å². The van der Waals surface area contributed by atoms with Crippen molar-refractivity contribution in [2.24, 2.45) is 0 Å². The Bertz CT molecular complexity index is 545. The summed E-state index contributed by atoms with van der Waals surface area (Å²) in [5.41, 5.74) is 1.06. The molecule has 1 aliphatic carbocycles. The van der Waals surface area contributed by atoms with Crippen LogP contribution in [0.2, 0.25) is 0 Å². The lowest BCUT2D eigenvalue weighted by Crippen LogP contribution is -2.42. The largest absolute Gasteiger partial charge is 0.481 e. The first kappa shape index (κ1) is 14.9. The Morgan fingerprint density at radius 2 is 2.10 bits per heavy atom. The van der Waals surface area contributed by atoms with E-state index in [1.54, 1.807) is 12.1 Å². The molecule has 0 aromatic heterocycles. The van der Waals surface area contributed by atoms with Gasteiger partial charge in [0.25, 0.3) is 0 Å². The van der Waals surface area contributed by atoms with Crippen LogP contribution in [0.1, 0.15) is 44.1 Å². The summed E-state index contributed by atoms with van der Waals surface area (Å²) in [7, 11) is 0. The maximum Gasteiger partial charge on any atom is 0.305 e. The molecule has 5 heteroatoms. The predicted molar refractivity (Wildman–Crippen MR) is 80.5 cm³/mol. The van der Waals surface area contributed by atoms with Crippen LogP contribution in [0.4, 0.5) is 5.69 Å². The number of nitrogens with one attached hydrogen (secondary N) is 1. The van der Waals surface area contributed by atoms with E-state index in [-0.39, 0.29) is 12.0 Å². The van der Waals surface area contributed by atoms with Crippen LogP contribution in [0.5, 0.6) is 0 Å². The fraction of sp³-hybridized carbons (Fsp3) is 0.467. The van der Waals surface area contributed by atoms with Gasteiger partial charge in [-0.15, -0.1) is 0 Å². The molecule has 1 aromatic rings. The summed E-state index contributed by atoms with van der Waals surface area (Å²) < 4.78 is 0.798. The summed E-state index contributed by atoms with van der Waals surface area (Å²) in [6.45, 7) is 0. The molecule has 1 saturated carbocycles. The summed E-state index contributed by atoms with van der Waals surface area (Å²) >= 11 is 3.44. The maximum atomic E-state index is 11.2. The minimum absolute atomic E-state index is 0.124. The van der Waals surface area contributed by atoms with Crippen molar-refractivity contribution < 1.29 is 9.90 Å². The molecule has 0 atom stereocenters. The van der Waals surface area contributed by atoms with Crippen LogP contribution < -0.4 is 5.32 Å². The van der Waals surface area contributed by atoms with Gasteiger partial charge in [0.2, 0.25) is 0 Å². The highest BCUT2D eigenvalue weighted by Gasteiger charge is 2.34. The van der Waals surface area contributed by atoms with Crippen LogP contribution in [0.15, 0.2) is 22.7 Å². The number of anilines is 1. The molecule has 2 rings (SSSR count). The monoisotopic (exact) mass is 336 g/mol. The third-order valence-corrected chi connectivity index (χ3v) is 4.45. The lowest BCUT2D eigenvalue weighted by atomic mass is 9.79. The van der Waals surface area contributed by atoms with Crippen molar-refractivity contribution in [3.63, 3.8) is 0 Å². The van der Waals surface area contributed by atoms with E-state index in [9.17, 15) is 4.79 Å². The quantitative estimate of drug-likeness (QED) is 0.874. The molecule has 1 aliphatic rings. The van der Waals surface area contributed by atoms with E-state index in [4.69, 9.17) is 10.4 Å². The molecule has 20 heavy (non-hydrogen) atoms. The summed E-state index contributed by atoms with van der Waals surface area (Å²) in [4.78, 5) is 11.2. The van der Waals surface area contributed by atoms with Gasteiger partial charge < -0.3 is 10.4 Å². The standard InChI is InChI=1S/C15H17BrN2O2/c16-12-8-11(10-17)4-5-13(12)18-15(9-14(19)20)6-2-1-3-7-15/h4-5,8,18H,1-3,6-7,9H2,(H,19,20). The van der Waals surface area contributed by atoms with Crippen LogP contribution in [0.25, 0.3) is 0 Å². The molecule has 2 N–H and O–H groups in total. The third kappa shape index (κ3) is 3.51. The smallest absolute Gasteiger partial charge is 0.305 e. The number of nitriles is 1. The maximum absolute atomic E-state index is 11.2. The Labute approximate surface area is 126 Å². The number of aliphatic carboxylic acids is 1. The van der Waals surface area contributed by atoms with Gasteiger partial charge in [-0.2, -0.15) is 5.26 Å². The molecule has 106 valence electrons. The zero-order chi connectivity index (χ0) is 14.6. The molecule has 1 fully saturated rings. The Balaban J connectivity index is 2.23. The average Bonchev–Trinajstić information content (AvgIpc) is 2.41. The first-order chi connectivity index (χ1) is 9.54. The van der Waals surface area contributed by atoms with Gasteiger partial charge in [-0.1, -0.05) is 19.3 Å². The fourth-order valence-corrected chi connectivity index (χ4v) is 3.31. The molecular formula is C15H17BrN2O2. The Morgan fingerprint density at radius 1 is 1.40 bits per heavy atom. The van der Waals surface area contributed by atoms with Gasteiger partial charge in [-0.05, 0) is 47.0 Å². The number of hydrogen-bond donors (Lipinski definition) is 2. The van der Waals surface area contributed by atoms with Crippen LogP contribution >= 0.6 is 15.9 Å². The van der Waals surface area contributed by atoms with E-state index in [0.29, 0.717) is 5.56 Å². The van der Waals surface area contributed by atoms with Gasteiger partial charge in [0, 0.05) is 15.7 Å². The lowest BCUT2D eigenvalue weighted by molar-refractivity contribution is -0.138. The first-order valence-electron chi connectivity index (χ1n) is 6.74. The highest BCUT2D eigenvalue weighted by atomic mass is 79.9. The van der Waals surface area contributed by atoms with E-state index in [1.165, 1.54) is 0 Å². The van der Waals surface area contributed by atoms with Gasteiger partial charge in [0.1, 0.15) is 0 Å². The van der Waals surface area contributed by atoms with Crippen molar-refractivity contribution in [1.82, 2.24) is 0 Å². The van der Waals surface area contributed by atoms with Crippen molar-refractivity contribution in [2.75, 3.05) is 5.32 Å². The Kier molecular flexibility index (Phi) is 4.66. The molecular weight excluding hydrogens is 320 g/mol. The molecule has 0 bridgehead atoms. The van der Waals surface area contributed by atoms with Gasteiger partial charge in [-0.25, -0.2) is 0 Å². The number of benzene rings is 1. The van der Waals surface area contributed by atoms with E-state index < -0.39 is 5.97 Å². The lowest BCUT2D eigenvalue weighted by Gasteiger charge is -2.38.